The van der Waals surface area contributed by atoms with Crippen molar-refractivity contribution in [3.8, 4) is 0 Å². The zero-order chi connectivity index (χ0) is 11.3. The second kappa shape index (κ2) is 5.66. The molecule has 1 atom stereocenters. The number of nitrogens with zero attached hydrogens (tertiary/aromatic N) is 1. The van der Waals surface area contributed by atoms with Crippen LogP contribution in [0.3, 0.4) is 0 Å². The molecule has 1 unspecified atom stereocenters. The Kier molecular flexibility index (Phi) is 4.50. The van der Waals surface area contributed by atoms with Gasteiger partial charge in [-0.25, -0.2) is 0 Å². The van der Waals surface area contributed by atoms with Gasteiger partial charge in [0, 0.05) is 17.9 Å². The van der Waals surface area contributed by atoms with Crippen LogP contribution >= 0.6 is 0 Å². The molecule has 0 aliphatic heterocycles. The number of aryl methyl sites for hydroxylation is 1. The van der Waals surface area contributed by atoms with Gasteiger partial charge in [0.15, 0.2) is 0 Å². The van der Waals surface area contributed by atoms with Crippen molar-refractivity contribution in [1.82, 2.24) is 10.3 Å². The standard InChI is InChI=1S/C13H20N2/c1-10(2)5-6-13(14-4)12-7-8-15-11(3)9-12/h7-9,13-14H,1,5-6H2,2-4H3. The smallest absolute Gasteiger partial charge is 0.0375 e. The first kappa shape index (κ1) is 11.9. The number of hydrogen-bond donors (Lipinski definition) is 1. The van der Waals surface area contributed by atoms with Crippen molar-refractivity contribution < 1.29 is 0 Å². The van der Waals surface area contributed by atoms with Gasteiger partial charge in [-0.2, -0.15) is 0 Å². The van der Waals surface area contributed by atoms with Crippen LogP contribution in [-0.2, 0) is 0 Å². The lowest BCUT2D eigenvalue weighted by molar-refractivity contribution is 0.547. The maximum Gasteiger partial charge on any atom is 0.0375 e. The second-order valence-corrected chi connectivity index (χ2v) is 4.07. The van der Waals surface area contributed by atoms with Crippen LogP contribution in [0, 0.1) is 6.92 Å². The summed E-state index contributed by atoms with van der Waals surface area (Å²) in [6, 6.07) is 4.62. The molecule has 1 rings (SSSR count). The number of pyridine rings is 1. The largest absolute Gasteiger partial charge is 0.313 e. The highest BCUT2D eigenvalue weighted by Gasteiger charge is 2.08. The monoisotopic (exact) mass is 204 g/mol. The van der Waals surface area contributed by atoms with E-state index in [-0.39, 0.29) is 0 Å². The van der Waals surface area contributed by atoms with Gasteiger partial charge < -0.3 is 5.32 Å². The zero-order valence-electron chi connectivity index (χ0n) is 9.88. The molecular formula is C13H20N2. The van der Waals surface area contributed by atoms with Gasteiger partial charge in [0.1, 0.15) is 0 Å². The summed E-state index contributed by atoms with van der Waals surface area (Å²) in [5, 5.41) is 3.33. The summed E-state index contributed by atoms with van der Waals surface area (Å²) >= 11 is 0. The lowest BCUT2D eigenvalue weighted by Gasteiger charge is -2.16. The maximum absolute atomic E-state index is 4.21. The number of allylic oxidation sites excluding steroid dienone is 1. The Labute approximate surface area is 92.4 Å². The lowest BCUT2D eigenvalue weighted by atomic mass is 10.0. The van der Waals surface area contributed by atoms with Gasteiger partial charge in [0.05, 0.1) is 0 Å². The van der Waals surface area contributed by atoms with Gasteiger partial charge in [-0.15, -0.1) is 6.58 Å². The third-order valence-corrected chi connectivity index (χ3v) is 2.53. The van der Waals surface area contributed by atoms with E-state index in [2.05, 4.69) is 35.9 Å². The van der Waals surface area contributed by atoms with Crippen LogP contribution in [0.4, 0.5) is 0 Å². The van der Waals surface area contributed by atoms with Crippen molar-refractivity contribution >= 4 is 0 Å². The first-order valence-electron chi connectivity index (χ1n) is 5.37. The minimum atomic E-state index is 0.406. The summed E-state index contributed by atoms with van der Waals surface area (Å²) in [4.78, 5) is 4.21. The molecule has 0 spiro atoms. The highest BCUT2D eigenvalue weighted by molar-refractivity contribution is 5.19. The van der Waals surface area contributed by atoms with Crippen molar-refractivity contribution in [2.24, 2.45) is 0 Å². The highest BCUT2D eigenvalue weighted by atomic mass is 14.9. The van der Waals surface area contributed by atoms with Crippen molar-refractivity contribution in [1.29, 1.82) is 0 Å². The van der Waals surface area contributed by atoms with Gasteiger partial charge in [0.2, 0.25) is 0 Å². The van der Waals surface area contributed by atoms with Crippen molar-refractivity contribution in [3.63, 3.8) is 0 Å². The summed E-state index contributed by atoms with van der Waals surface area (Å²) < 4.78 is 0. The van der Waals surface area contributed by atoms with Crippen LogP contribution in [-0.4, -0.2) is 12.0 Å². The molecule has 0 aromatic carbocycles. The molecule has 0 saturated carbocycles. The van der Waals surface area contributed by atoms with E-state index >= 15 is 0 Å². The molecular weight excluding hydrogens is 184 g/mol. The van der Waals surface area contributed by atoms with Crippen molar-refractivity contribution in [3.05, 3.63) is 41.7 Å². The van der Waals surface area contributed by atoms with Gasteiger partial charge in [-0.1, -0.05) is 5.57 Å². The normalized spacial score (nSPS) is 12.5. The third-order valence-electron chi connectivity index (χ3n) is 2.53. The van der Waals surface area contributed by atoms with Crippen LogP contribution in [0.15, 0.2) is 30.5 Å². The number of hydrogen-bond acceptors (Lipinski definition) is 2. The average molecular weight is 204 g/mol. The second-order valence-electron chi connectivity index (χ2n) is 4.07. The fraction of sp³-hybridized carbons (Fsp3) is 0.462. The quantitative estimate of drug-likeness (QED) is 0.746. The molecule has 15 heavy (non-hydrogen) atoms. The third kappa shape index (κ3) is 3.84. The van der Waals surface area contributed by atoms with E-state index in [1.54, 1.807) is 0 Å². The van der Waals surface area contributed by atoms with Gasteiger partial charge >= 0.3 is 0 Å². The molecule has 0 bridgehead atoms. The summed E-state index contributed by atoms with van der Waals surface area (Å²) in [6.45, 7) is 8.03. The first-order chi connectivity index (χ1) is 7.13. The molecule has 2 nitrogen and oxygen atoms in total. The van der Waals surface area contributed by atoms with Crippen LogP contribution in [0.25, 0.3) is 0 Å². The summed E-state index contributed by atoms with van der Waals surface area (Å²) in [7, 11) is 2.00. The number of rotatable bonds is 5. The van der Waals surface area contributed by atoms with E-state index in [1.165, 1.54) is 11.1 Å². The molecule has 0 fully saturated rings. The number of nitrogens with one attached hydrogen (secondary N) is 1. The van der Waals surface area contributed by atoms with Crippen molar-refractivity contribution in [2.75, 3.05) is 7.05 Å². The van der Waals surface area contributed by atoms with E-state index in [0.717, 1.165) is 18.5 Å². The Morgan fingerprint density at radius 3 is 2.87 bits per heavy atom. The summed E-state index contributed by atoms with van der Waals surface area (Å²) in [5.74, 6) is 0. The molecule has 0 saturated heterocycles. The predicted molar refractivity (Wildman–Crippen MR) is 64.8 cm³/mol. The van der Waals surface area contributed by atoms with Crippen LogP contribution in [0.2, 0.25) is 0 Å². The van der Waals surface area contributed by atoms with Gasteiger partial charge in [-0.3, -0.25) is 4.98 Å². The molecule has 0 aliphatic carbocycles. The minimum Gasteiger partial charge on any atom is -0.313 e. The molecule has 1 aromatic heterocycles. The Hall–Kier alpha value is -1.15. The Morgan fingerprint density at radius 1 is 1.60 bits per heavy atom. The molecule has 0 amide bonds. The fourth-order valence-electron chi connectivity index (χ4n) is 1.65. The Balaban J connectivity index is 2.69. The minimum absolute atomic E-state index is 0.406. The van der Waals surface area contributed by atoms with Crippen LogP contribution < -0.4 is 5.32 Å². The molecule has 0 aliphatic rings. The molecule has 2 heteroatoms. The van der Waals surface area contributed by atoms with Crippen LogP contribution in [0.5, 0.6) is 0 Å². The molecule has 1 N–H and O–H groups in total. The maximum atomic E-state index is 4.21. The molecule has 82 valence electrons. The Bertz CT molecular complexity index is 331. The first-order valence-corrected chi connectivity index (χ1v) is 5.37. The fourth-order valence-corrected chi connectivity index (χ4v) is 1.65. The van der Waals surface area contributed by atoms with Gasteiger partial charge in [-0.05, 0) is 51.4 Å². The lowest BCUT2D eigenvalue weighted by Crippen LogP contribution is -2.16. The topological polar surface area (TPSA) is 24.9 Å². The van der Waals surface area contributed by atoms with Crippen molar-refractivity contribution in [2.45, 2.75) is 32.7 Å². The average Bonchev–Trinajstić information content (AvgIpc) is 2.18. The predicted octanol–water partition coefficient (Wildman–Crippen LogP) is 3.01. The van der Waals surface area contributed by atoms with E-state index < -0.39 is 0 Å². The molecule has 1 aromatic rings. The van der Waals surface area contributed by atoms with E-state index in [1.807, 2.05) is 20.2 Å². The highest BCUT2D eigenvalue weighted by Crippen LogP contribution is 2.19. The Morgan fingerprint density at radius 2 is 2.33 bits per heavy atom. The van der Waals surface area contributed by atoms with E-state index in [4.69, 9.17) is 0 Å². The van der Waals surface area contributed by atoms with E-state index in [9.17, 15) is 0 Å². The van der Waals surface area contributed by atoms with Gasteiger partial charge in [0.25, 0.3) is 0 Å². The molecule has 0 radical (unpaired) electrons. The van der Waals surface area contributed by atoms with Crippen LogP contribution in [0.1, 0.15) is 37.1 Å². The summed E-state index contributed by atoms with van der Waals surface area (Å²) in [5.41, 5.74) is 3.62. The SMILES string of the molecule is C=C(C)CCC(NC)c1ccnc(C)c1. The number of aromatic nitrogens is 1. The van der Waals surface area contributed by atoms with E-state index in [0.29, 0.717) is 6.04 Å². The molecule has 1 heterocycles. The zero-order valence-corrected chi connectivity index (χ0v) is 9.88. The summed E-state index contributed by atoms with van der Waals surface area (Å²) in [6.07, 6.45) is 4.03.